The molecule has 14 heavy (non-hydrogen) atoms. The fourth-order valence-electron chi connectivity index (χ4n) is 1.59. The van der Waals surface area contributed by atoms with Gasteiger partial charge in [0.2, 0.25) is 0 Å². The zero-order valence-corrected chi connectivity index (χ0v) is 9.30. The molecule has 3 heteroatoms. The molecular weight excluding hydrogens is 178 g/mol. The third-order valence-corrected chi connectivity index (χ3v) is 3.10. The largest absolute Gasteiger partial charge is 0.380 e. The summed E-state index contributed by atoms with van der Waals surface area (Å²) in [5.41, 5.74) is -0.387. The first-order valence-corrected chi connectivity index (χ1v) is 5.08. The summed E-state index contributed by atoms with van der Waals surface area (Å²) in [4.78, 5) is 0. The minimum absolute atomic E-state index is 0.133. The summed E-state index contributed by atoms with van der Waals surface area (Å²) in [7, 11) is 1.71. The molecule has 0 amide bonds. The van der Waals surface area contributed by atoms with Crippen LogP contribution >= 0.6 is 0 Å². The summed E-state index contributed by atoms with van der Waals surface area (Å²) in [6.45, 7) is 5.41. The molecule has 0 radical (unpaired) electrons. The lowest BCUT2D eigenvalue weighted by molar-refractivity contribution is 0.00650. The van der Waals surface area contributed by atoms with E-state index in [-0.39, 0.29) is 11.0 Å². The van der Waals surface area contributed by atoms with Crippen molar-refractivity contribution in [3.63, 3.8) is 0 Å². The Bertz CT molecular complexity index is 224. The van der Waals surface area contributed by atoms with Crippen molar-refractivity contribution >= 4 is 0 Å². The summed E-state index contributed by atoms with van der Waals surface area (Å²) in [6.07, 6.45) is 2.63. The van der Waals surface area contributed by atoms with Crippen LogP contribution in [0.25, 0.3) is 0 Å². The first kappa shape index (κ1) is 11.5. The number of hydrogen-bond acceptors (Lipinski definition) is 3. The molecule has 1 rings (SSSR count). The molecular formula is C11H19NO2. The van der Waals surface area contributed by atoms with Gasteiger partial charge >= 0.3 is 0 Å². The van der Waals surface area contributed by atoms with E-state index >= 15 is 0 Å². The Labute approximate surface area is 86.0 Å². The van der Waals surface area contributed by atoms with Crippen LogP contribution in [0.15, 0.2) is 0 Å². The van der Waals surface area contributed by atoms with Crippen molar-refractivity contribution in [3.05, 3.63) is 0 Å². The topological polar surface area (TPSA) is 42.2 Å². The standard InChI is InChI=1S/C11H19NO2/c1-10(2,13-3)4-5-11(8-12)6-7-14-9-11/h4-7,9H2,1-3H3. The van der Waals surface area contributed by atoms with Gasteiger partial charge in [-0.05, 0) is 33.1 Å². The maximum atomic E-state index is 9.12. The van der Waals surface area contributed by atoms with Gasteiger partial charge in [0, 0.05) is 13.7 Å². The summed E-state index contributed by atoms with van der Waals surface area (Å²) in [6, 6.07) is 2.39. The van der Waals surface area contributed by atoms with E-state index in [0.717, 1.165) is 25.9 Å². The molecule has 80 valence electrons. The predicted molar refractivity (Wildman–Crippen MR) is 53.8 cm³/mol. The van der Waals surface area contributed by atoms with Crippen LogP contribution in [0, 0.1) is 16.7 Å². The van der Waals surface area contributed by atoms with Crippen molar-refractivity contribution in [2.75, 3.05) is 20.3 Å². The van der Waals surface area contributed by atoms with E-state index < -0.39 is 0 Å². The molecule has 1 saturated heterocycles. The fourth-order valence-corrected chi connectivity index (χ4v) is 1.59. The SMILES string of the molecule is COC(C)(C)CCC1(C#N)CCOC1. The van der Waals surface area contributed by atoms with E-state index in [0.29, 0.717) is 6.61 Å². The monoisotopic (exact) mass is 197 g/mol. The molecule has 0 aromatic heterocycles. The van der Waals surface area contributed by atoms with Gasteiger partial charge in [-0.1, -0.05) is 0 Å². The zero-order valence-electron chi connectivity index (χ0n) is 9.30. The van der Waals surface area contributed by atoms with Crippen molar-refractivity contribution in [1.82, 2.24) is 0 Å². The Hall–Kier alpha value is -0.590. The quantitative estimate of drug-likeness (QED) is 0.693. The molecule has 0 aromatic carbocycles. The first-order chi connectivity index (χ1) is 6.54. The van der Waals surface area contributed by atoms with Gasteiger partial charge < -0.3 is 9.47 Å². The maximum absolute atomic E-state index is 9.12. The van der Waals surface area contributed by atoms with Crippen LogP contribution in [-0.4, -0.2) is 25.9 Å². The van der Waals surface area contributed by atoms with Crippen molar-refractivity contribution in [1.29, 1.82) is 5.26 Å². The number of hydrogen-bond donors (Lipinski definition) is 0. The van der Waals surface area contributed by atoms with Crippen molar-refractivity contribution < 1.29 is 9.47 Å². The van der Waals surface area contributed by atoms with Gasteiger partial charge in [0.1, 0.15) is 0 Å². The second kappa shape index (κ2) is 4.29. The van der Waals surface area contributed by atoms with Crippen molar-refractivity contribution in [3.8, 4) is 6.07 Å². The molecule has 0 aliphatic carbocycles. The highest BCUT2D eigenvalue weighted by Crippen LogP contribution is 2.35. The number of nitriles is 1. The molecule has 3 nitrogen and oxygen atoms in total. The lowest BCUT2D eigenvalue weighted by Gasteiger charge is -2.27. The molecule has 1 atom stereocenters. The van der Waals surface area contributed by atoms with Crippen molar-refractivity contribution in [2.45, 2.75) is 38.7 Å². The molecule has 1 heterocycles. The van der Waals surface area contributed by atoms with Crippen LogP contribution in [0.5, 0.6) is 0 Å². The van der Waals surface area contributed by atoms with Crippen LogP contribution in [0.3, 0.4) is 0 Å². The second-order valence-electron chi connectivity index (χ2n) is 4.66. The Morgan fingerprint density at radius 1 is 1.57 bits per heavy atom. The third kappa shape index (κ3) is 2.70. The Kier molecular flexibility index (Phi) is 3.52. The summed E-state index contributed by atoms with van der Waals surface area (Å²) in [5, 5.41) is 9.12. The van der Waals surface area contributed by atoms with Crippen LogP contribution in [0.4, 0.5) is 0 Å². The normalized spacial score (nSPS) is 27.6. The van der Waals surface area contributed by atoms with Crippen molar-refractivity contribution in [2.24, 2.45) is 5.41 Å². The van der Waals surface area contributed by atoms with Gasteiger partial charge in [0.15, 0.2) is 0 Å². The highest BCUT2D eigenvalue weighted by atomic mass is 16.5. The van der Waals surface area contributed by atoms with E-state index in [2.05, 4.69) is 6.07 Å². The maximum Gasteiger partial charge on any atom is 0.0829 e. The minimum Gasteiger partial charge on any atom is -0.380 e. The Morgan fingerprint density at radius 3 is 2.71 bits per heavy atom. The van der Waals surface area contributed by atoms with Gasteiger partial charge in [-0.2, -0.15) is 5.26 Å². The molecule has 1 unspecified atom stereocenters. The molecule has 1 aliphatic rings. The molecule has 0 saturated carbocycles. The number of rotatable bonds is 4. The Balaban J connectivity index is 2.47. The fraction of sp³-hybridized carbons (Fsp3) is 0.909. The summed E-state index contributed by atoms with van der Waals surface area (Å²) >= 11 is 0. The van der Waals surface area contributed by atoms with Gasteiger partial charge in [-0.15, -0.1) is 0 Å². The third-order valence-electron chi connectivity index (χ3n) is 3.10. The average Bonchev–Trinajstić information content (AvgIpc) is 2.65. The number of methoxy groups -OCH3 is 1. The first-order valence-electron chi connectivity index (χ1n) is 5.08. The van der Waals surface area contributed by atoms with Crippen LogP contribution < -0.4 is 0 Å². The van der Waals surface area contributed by atoms with E-state index in [4.69, 9.17) is 14.7 Å². The smallest absolute Gasteiger partial charge is 0.0829 e. The van der Waals surface area contributed by atoms with Crippen LogP contribution in [-0.2, 0) is 9.47 Å². The van der Waals surface area contributed by atoms with Gasteiger partial charge in [0.25, 0.3) is 0 Å². The molecule has 0 bridgehead atoms. The van der Waals surface area contributed by atoms with Crippen LogP contribution in [0.2, 0.25) is 0 Å². The average molecular weight is 197 g/mol. The van der Waals surface area contributed by atoms with Crippen LogP contribution in [0.1, 0.15) is 33.1 Å². The van der Waals surface area contributed by atoms with Gasteiger partial charge in [-0.3, -0.25) is 0 Å². The van der Waals surface area contributed by atoms with Gasteiger partial charge in [0.05, 0.1) is 23.7 Å². The van der Waals surface area contributed by atoms with Gasteiger partial charge in [-0.25, -0.2) is 0 Å². The van der Waals surface area contributed by atoms with E-state index in [9.17, 15) is 0 Å². The molecule has 0 N–H and O–H groups in total. The zero-order chi connectivity index (χ0) is 10.7. The summed E-state index contributed by atoms with van der Waals surface area (Å²) < 4.78 is 10.6. The lowest BCUT2D eigenvalue weighted by Crippen LogP contribution is -2.27. The highest BCUT2D eigenvalue weighted by Gasteiger charge is 2.36. The molecule has 1 aliphatic heterocycles. The Morgan fingerprint density at radius 2 is 2.29 bits per heavy atom. The highest BCUT2D eigenvalue weighted by molar-refractivity contribution is 5.02. The second-order valence-corrected chi connectivity index (χ2v) is 4.66. The lowest BCUT2D eigenvalue weighted by atomic mass is 9.81. The molecule has 1 fully saturated rings. The van der Waals surface area contributed by atoms with E-state index in [1.807, 2.05) is 13.8 Å². The predicted octanol–water partition coefficient (Wildman–Crippen LogP) is 2.12. The number of nitrogens with zero attached hydrogens (tertiary/aromatic N) is 1. The van der Waals surface area contributed by atoms with E-state index in [1.54, 1.807) is 7.11 Å². The molecule has 0 spiro atoms. The van der Waals surface area contributed by atoms with E-state index in [1.165, 1.54) is 0 Å². The number of ether oxygens (including phenoxy) is 2. The molecule has 0 aromatic rings. The summed E-state index contributed by atoms with van der Waals surface area (Å²) in [5.74, 6) is 0. The minimum atomic E-state index is -0.254.